The second-order valence-corrected chi connectivity index (χ2v) is 6.49. The normalized spacial score (nSPS) is 15.5. The van der Waals surface area contributed by atoms with Gasteiger partial charge in [0.1, 0.15) is 5.82 Å². The first-order valence-corrected chi connectivity index (χ1v) is 6.69. The molecule has 1 rings (SSSR count). The molecule has 2 unspecified atom stereocenters. The third kappa shape index (κ3) is 4.34. The van der Waals surface area contributed by atoms with Crippen LogP contribution < -0.4 is 0 Å². The summed E-state index contributed by atoms with van der Waals surface area (Å²) in [4.78, 5) is 0. The second-order valence-electron chi connectivity index (χ2n) is 5.57. The van der Waals surface area contributed by atoms with Gasteiger partial charge in [-0.3, -0.25) is 0 Å². The summed E-state index contributed by atoms with van der Waals surface area (Å²) in [5, 5.41) is 10.2. The van der Waals surface area contributed by atoms with Crippen molar-refractivity contribution in [2.75, 3.05) is 7.11 Å². The van der Waals surface area contributed by atoms with Gasteiger partial charge in [0.15, 0.2) is 0 Å². The van der Waals surface area contributed by atoms with Crippen LogP contribution in [0.15, 0.2) is 22.7 Å². The summed E-state index contributed by atoms with van der Waals surface area (Å²) in [6, 6.07) is 4.64. The molecule has 0 heterocycles. The number of ether oxygens (including phenoxy) is 1. The van der Waals surface area contributed by atoms with Crippen molar-refractivity contribution in [3.63, 3.8) is 0 Å². The maximum absolute atomic E-state index is 13.3. The molecule has 2 nitrogen and oxygen atoms in total. The van der Waals surface area contributed by atoms with E-state index in [0.717, 1.165) is 5.56 Å². The number of hydrogen-bond donors (Lipinski definition) is 1. The Balaban J connectivity index is 2.83. The minimum atomic E-state index is -0.663. The lowest BCUT2D eigenvalue weighted by Crippen LogP contribution is -2.40. The molecular formula is C14H20BrFO2. The van der Waals surface area contributed by atoms with Crippen LogP contribution in [-0.4, -0.2) is 24.4 Å². The van der Waals surface area contributed by atoms with E-state index in [4.69, 9.17) is 4.74 Å². The first kappa shape index (κ1) is 15.6. The van der Waals surface area contributed by atoms with E-state index in [2.05, 4.69) is 15.9 Å². The zero-order valence-corrected chi connectivity index (χ0v) is 12.8. The van der Waals surface area contributed by atoms with Crippen LogP contribution in [0.3, 0.4) is 0 Å². The molecule has 0 aromatic heterocycles. The molecule has 102 valence electrons. The summed E-state index contributed by atoms with van der Waals surface area (Å²) in [7, 11) is 1.58. The molecule has 1 N–H and O–H groups in total. The maximum atomic E-state index is 13.3. The van der Waals surface area contributed by atoms with Crippen LogP contribution in [0.2, 0.25) is 0 Å². The molecule has 1 aromatic rings. The van der Waals surface area contributed by atoms with Gasteiger partial charge < -0.3 is 9.84 Å². The first-order valence-electron chi connectivity index (χ1n) is 5.90. The molecule has 0 spiro atoms. The summed E-state index contributed by atoms with van der Waals surface area (Å²) in [5.74, 6) is -0.309. The quantitative estimate of drug-likeness (QED) is 0.920. The third-order valence-electron chi connectivity index (χ3n) is 2.82. The summed E-state index contributed by atoms with van der Waals surface area (Å²) in [6.07, 6.45) is -0.588. The van der Waals surface area contributed by atoms with Crippen molar-refractivity contribution in [2.45, 2.75) is 39.4 Å². The molecule has 4 heteroatoms. The number of rotatable bonds is 4. The minimum Gasteiger partial charge on any atom is -0.390 e. The van der Waals surface area contributed by atoms with Crippen molar-refractivity contribution >= 4 is 15.9 Å². The van der Waals surface area contributed by atoms with Gasteiger partial charge in [0, 0.05) is 18.0 Å². The highest BCUT2D eigenvalue weighted by atomic mass is 79.9. The van der Waals surface area contributed by atoms with E-state index < -0.39 is 6.10 Å². The van der Waals surface area contributed by atoms with Crippen LogP contribution in [0.1, 0.15) is 26.3 Å². The first-order chi connectivity index (χ1) is 8.24. The van der Waals surface area contributed by atoms with Gasteiger partial charge in [-0.15, -0.1) is 0 Å². The van der Waals surface area contributed by atoms with E-state index in [-0.39, 0.29) is 17.3 Å². The fourth-order valence-electron chi connectivity index (χ4n) is 2.17. The van der Waals surface area contributed by atoms with E-state index in [9.17, 15) is 9.50 Å². The molecule has 0 bridgehead atoms. The van der Waals surface area contributed by atoms with Gasteiger partial charge in [-0.2, -0.15) is 0 Å². The van der Waals surface area contributed by atoms with Crippen molar-refractivity contribution in [1.82, 2.24) is 0 Å². The van der Waals surface area contributed by atoms with Crippen molar-refractivity contribution in [3.05, 3.63) is 34.1 Å². The molecule has 1 aromatic carbocycles. The maximum Gasteiger partial charge on any atom is 0.124 e. The van der Waals surface area contributed by atoms with Crippen LogP contribution in [0.5, 0.6) is 0 Å². The van der Waals surface area contributed by atoms with Gasteiger partial charge in [0.05, 0.1) is 12.2 Å². The van der Waals surface area contributed by atoms with Gasteiger partial charge in [-0.05, 0) is 29.2 Å². The lowest BCUT2D eigenvalue weighted by molar-refractivity contribution is -0.0699. The Kier molecular flexibility index (Phi) is 5.32. The van der Waals surface area contributed by atoms with E-state index in [0.29, 0.717) is 10.9 Å². The molecule has 18 heavy (non-hydrogen) atoms. The molecule has 0 saturated heterocycles. The molecule has 0 radical (unpaired) electrons. The highest BCUT2D eigenvalue weighted by molar-refractivity contribution is 9.10. The number of methoxy groups -OCH3 is 1. The molecule has 0 aliphatic heterocycles. The van der Waals surface area contributed by atoms with Crippen LogP contribution in [0.4, 0.5) is 4.39 Å². The van der Waals surface area contributed by atoms with Crippen LogP contribution in [-0.2, 0) is 11.2 Å². The molecule has 0 fully saturated rings. The van der Waals surface area contributed by atoms with Gasteiger partial charge in [-0.25, -0.2) is 4.39 Å². The molecule has 0 saturated carbocycles. The molecule has 0 aliphatic carbocycles. The van der Waals surface area contributed by atoms with Gasteiger partial charge in [0.2, 0.25) is 0 Å². The number of aliphatic hydroxyl groups is 1. The standard InChI is InChI=1S/C14H20BrFO2/c1-14(2,3)13(18-4)12(17)7-9-5-10(15)8-11(16)6-9/h5-6,8,12-13,17H,7H2,1-4H3. The molecule has 2 atom stereocenters. The van der Waals surface area contributed by atoms with Crippen molar-refractivity contribution < 1.29 is 14.2 Å². The number of aliphatic hydroxyl groups excluding tert-OH is 1. The Morgan fingerprint density at radius 3 is 2.39 bits per heavy atom. The van der Waals surface area contributed by atoms with E-state index >= 15 is 0 Å². The second kappa shape index (κ2) is 6.13. The highest BCUT2D eigenvalue weighted by Crippen LogP contribution is 2.26. The van der Waals surface area contributed by atoms with Crippen LogP contribution in [0.25, 0.3) is 0 Å². The topological polar surface area (TPSA) is 29.5 Å². The minimum absolute atomic E-state index is 0.168. The number of hydrogen-bond acceptors (Lipinski definition) is 2. The average molecular weight is 319 g/mol. The third-order valence-corrected chi connectivity index (χ3v) is 3.28. The van der Waals surface area contributed by atoms with Crippen LogP contribution >= 0.6 is 15.9 Å². The number of benzene rings is 1. The number of halogens is 2. The van der Waals surface area contributed by atoms with Gasteiger partial charge in [-0.1, -0.05) is 36.7 Å². The summed E-state index contributed by atoms with van der Waals surface area (Å²) in [5.41, 5.74) is 0.583. The van der Waals surface area contributed by atoms with Crippen molar-refractivity contribution in [2.24, 2.45) is 5.41 Å². The van der Waals surface area contributed by atoms with E-state index in [1.165, 1.54) is 12.1 Å². The Morgan fingerprint density at radius 2 is 1.94 bits per heavy atom. The summed E-state index contributed by atoms with van der Waals surface area (Å²) < 4.78 is 19.3. The largest absolute Gasteiger partial charge is 0.390 e. The molecular weight excluding hydrogens is 299 g/mol. The van der Waals surface area contributed by atoms with E-state index in [1.54, 1.807) is 7.11 Å². The summed E-state index contributed by atoms with van der Waals surface area (Å²) in [6.45, 7) is 6.02. The zero-order valence-electron chi connectivity index (χ0n) is 11.2. The van der Waals surface area contributed by atoms with Gasteiger partial charge >= 0.3 is 0 Å². The summed E-state index contributed by atoms with van der Waals surface area (Å²) >= 11 is 3.24. The Hall–Kier alpha value is -0.450. The van der Waals surface area contributed by atoms with Crippen molar-refractivity contribution in [1.29, 1.82) is 0 Å². The fourth-order valence-corrected chi connectivity index (χ4v) is 2.68. The predicted octanol–water partition coefficient (Wildman–Crippen LogP) is 3.55. The highest BCUT2D eigenvalue weighted by Gasteiger charge is 2.31. The Labute approximate surface area is 116 Å². The predicted molar refractivity (Wildman–Crippen MR) is 74.1 cm³/mol. The van der Waals surface area contributed by atoms with Crippen molar-refractivity contribution in [3.8, 4) is 0 Å². The molecule has 0 amide bonds. The lowest BCUT2D eigenvalue weighted by atomic mass is 9.84. The smallest absolute Gasteiger partial charge is 0.124 e. The Bertz CT molecular complexity index is 381. The lowest BCUT2D eigenvalue weighted by Gasteiger charge is -2.33. The monoisotopic (exact) mass is 318 g/mol. The molecule has 0 aliphatic rings. The van der Waals surface area contributed by atoms with Gasteiger partial charge in [0.25, 0.3) is 0 Å². The van der Waals surface area contributed by atoms with E-state index in [1.807, 2.05) is 26.8 Å². The SMILES string of the molecule is COC(C(O)Cc1cc(F)cc(Br)c1)C(C)(C)C. The average Bonchev–Trinajstić information content (AvgIpc) is 2.13. The fraction of sp³-hybridized carbons (Fsp3) is 0.571. The van der Waals surface area contributed by atoms with Crippen LogP contribution in [0, 0.1) is 11.2 Å². The zero-order chi connectivity index (χ0) is 13.9. The Morgan fingerprint density at radius 1 is 1.33 bits per heavy atom.